The van der Waals surface area contributed by atoms with Crippen LogP contribution in [0.25, 0.3) is 10.6 Å². The molecule has 11 heteroatoms. The molecule has 30 heavy (non-hydrogen) atoms. The number of primary amides is 1. The molecule has 0 aliphatic carbocycles. The minimum Gasteiger partial charge on any atom is -0.383 e. The van der Waals surface area contributed by atoms with Crippen LogP contribution in [0.3, 0.4) is 0 Å². The molecule has 1 unspecified atom stereocenters. The van der Waals surface area contributed by atoms with Crippen LogP contribution in [0.15, 0.2) is 24.3 Å². The van der Waals surface area contributed by atoms with Gasteiger partial charge < -0.3 is 21.1 Å². The van der Waals surface area contributed by atoms with Gasteiger partial charge in [-0.25, -0.2) is 4.98 Å². The van der Waals surface area contributed by atoms with E-state index < -0.39 is 24.7 Å². The van der Waals surface area contributed by atoms with Gasteiger partial charge >= 0.3 is 6.18 Å². The molecule has 1 aromatic heterocycles. The van der Waals surface area contributed by atoms with Gasteiger partial charge in [-0.3, -0.25) is 9.59 Å². The number of aromatic nitrogens is 1. The predicted molar refractivity (Wildman–Crippen MR) is 107 cm³/mol. The van der Waals surface area contributed by atoms with Gasteiger partial charge in [0, 0.05) is 24.7 Å². The summed E-state index contributed by atoms with van der Waals surface area (Å²) in [6, 6.07) is 6.74. The lowest BCUT2D eigenvalue weighted by atomic mass is 10.1. The maximum Gasteiger partial charge on any atom is 0.405 e. The molecule has 1 aliphatic heterocycles. The smallest absolute Gasteiger partial charge is 0.383 e. The van der Waals surface area contributed by atoms with Crippen molar-refractivity contribution in [2.75, 3.05) is 25.5 Å². The Bertz CT molecular complexity index is 957. The van der Waals surface area contributed by atoms with E-state index in [1.165, 1.54) is 4.90 Å². The van der Waals surface area contributed by atoms with Gasteiger partial charge in [-0.1, -0.05) is 29.4 Å². The number of terminal acetylenes is 1. The van der Waals surface area contributed by atoms with Crippen molar-refractivity contribution in [1.29, 1.82) is 0 Å². The number of halogens is 3. The SMILES string of the molecule is C#Cc1cccc(-c2nc(C(N)=O)c(NCC(F)(F)F)s2)c1.CN1CCC(O)C1=O. The summed E-state index contributed by atoms with van der Waals surface area (Å²) < 4.78 is 36.9. The number of anilines is 1. The van der Waals surface area contributed by atoms with E-state index in [0.29, 0.717) is 29.1 Å². The second kappa shape index (κ2) is 9.60. The minimum atomic E-state index is -4.41. The number of hydrogen-bond acceptors (Lipinski definition) is 6. The van der Waals surface area contributed by atoms with Gasteiger partial charge in [-0.2, -0.15) is 13.2 Å². The number of thiazole rings is 1. The second-order valence-electron chi connectivity index (χ2n) is 6.32. The predicted octanol–water partition coefficient (Wildman–Crippen LogP) is 2.07. The Balaban J connectivity index is 0.000000335. The van der Waals surface area contributed by atoms with Gasteiger partial charge in [-0.05, 0) is 18.6 Å². The molecule has 3 rings (SSSR count). The summed E-state index contributed by atoms with van der Waals surface area (Å²) in [6.45, 7) is -0.584. The van der Waals surface area contributed by atoms with Gasteiger partial charge in [0.25, 0.3) is 11.8 Å². The van der Waals surface area contributed by atoms with Crippen LogP contribution in [0, 0.1) is 12.3 Å². The zero-order valence-electron chi connectivity index (χ0n) is 15.9. The third-order valence-corrected chi connectivity index (χ3v) is 5.05. The molecule has 1 saturated heterocycles. The molecule has 0 saturated carbocycles. The molecule has 1 aromatic carbocycles. The number of aliphatic hydroxyl groups is 1. The molecule has 0 bridgehead atoms. The third kappa shape index (κ3) is 6.20. The lowest BCUT2D eigenvalue weighted by Gasteiger charge is -2.07. The highest BCUT2D eigenvalue weighted by molar-refractivity contribution is 7.19. The van der Waals surface area contributed by atoms with Gasteiger partial charge in [-0.15, -0.1) is 6.42 Å². The molecular formula is C19H19F3N4O3S. The first kappa shape index (κ1) is 23.2. The number of nitrogens with two attached hydrogens (primary N) is 1. The summed E-state index contributed by atoms with van der Waals surface area (Å²) in [4.78, 5) is 27.4. The third-order valence-electron chi connectivity index (χ3n) is 3.99. The first-order valence-corrected chi connectivity index (χ1v) is 9.45. The van der Waals surface area contributed by atoms with Crippen molar-refractivity contribution >= 4 is 28.2 Å². The van der Waals surface area contributed by atoms with Gasteiger partial charge in [0.2, 0.25) is 0 Å². The van der Waals surface area contributed by atoms with Crippen LogP contribution >= 0.6 is 11.3 Å². The van der Waals surface area contributed by atoms with Crippen LogP contribution in [0.4, 0.5) is 18.2 Å². The van der Waals surface area contributed by atoms with Crippen molar-refractivity contribution in [3.63, 3.8) is 0 Å². The summed E-state index contributed by atoms with van der Waals surface area (Å²) in [5, 5.41) is 11.3. The second-order valence-corrected chi connectivity index (χ2v) is 7.32. The van der Waals surface area contributed by atoms with Crippen LogP contribution in [0.5, 0.6) is 0 Å². The molecule has 2 heterocycles. The van der Waals surface area contributed by atoms with Gasteiger partial charge in [0.1, 0.15) is 22.7 Å². The van der Waals surface area contributed by atoms with Crippen molar-refractivity contribution in [3.05, 3.63) is 35.5 Å². The Kier molecular flexibility index (Phi) is 7.42. The zero-order chi connectivity index (χ0) is 22.5. The molecule has 4 N–H and O–H groups in total. The first-order chi connectivity index (χ1) is 14.0. The van der Waals surface area contributed by atoms with E-state index in [0.717, 1.165) is 11.3 Å². The fourth-order valence-corrected chi connectivity index (χ4v) is 3.42. The van der Waals surface area contributed by atoms with Crippen molar-refractivity contribution in [2.45, 2.75) is 18.7 Å². The molecule has 1 atom stereocenters. The van der Waals surface area contributed by atoms with Gasteiger partial charge in [0.15, 0.2) is 5.69 Å². The number of carbonyl (C=O) groups is 2. The quantitative estimate of drug-likeness (QED) is 0.631. The number of benzene rings is 1. The first-order valence-electron chi connectivity index (χ1n) is 8.63. The standard InChI is InChI=1S/C14H10F3N3OS.C5H9NO2/c1-2-8-4-3-5-9(6-8)12-20-10(11(18)21)13(22-12)19-7-14(15,16)17;1-6-3-2-4(7)5(6)8/h1,3-6,19H,7H2,(H2,18,21);4,7H,2-3H2,1H3. The topological polar surface area (TPSA) is 109 Å². The number of alkyl halides is 3. The summed E-state index contributed by atoms with van der Waals surface area (Å²) >= 11 is 0.909. The summed E-state index contributed by atoms with van der Waals surface area (Å²) in [6.07, 6.45) is 0.753. The molecule has 0 spiro atoms. The van der Waals surface area contributed by atoms with Crippen molar-refractivity contribution in [1.82, 2.24) is 9.88 Å². The normalized spacial score (nSPS) is 15.9. The molecule has 160 valence electrons. The molecule has 7 nitrogen and oxygen atoms in total. The number of amides is 2. The highest BCUT2D eigenvalue weighted by atomic mass is 32.1. The minimum absolute atomic E-state index is 0.0223. The molecule has 2 amide bonds. The van der Waals surface area contributed by atoms with Crippen molar-refractivity contribution in [2.24, 2.45) is 5.73 Å². The number of nitrogens with zero attached hydrogens (tertiary/aromatic N) is 2. The van der Waals surface area contributed by atoms with Crippen LogP contribution in [0.2, 0.25) is 0 Å². The van der Waals surface area contributed by atoms with E-state index in [9.17, 15) is 22.8 Å². The monoisotopic (exact) mass is 440 g/mol. The summed E-state index contributed by atoms with van der Waals surface area (Å²) in [5.41, 5.74) is 6.12. The number of nitrogens with one attached hydrogen (secondary N) is 1. The Morgan fingerprint density at radius 2 is 2.20 bits per heavy atom. The van der Waals surface area contributed by atoms with Gasteiger partial charge in [0.05, 0.1) is 0 Å². The highest BCUT2D eigenvalue weighted by Crippen LogP contribution is 2.33. The number of likely N-dealkylation sites (tertiary alicyclic amines) is 1. The highest BCUT2D eigenvalue weighted by Gasteiger charge is 2.28. The summed E-state index contributed by atoms with van der Waals surface area (Å²) in [7, 11) is 1.69. The number of carbonyl (C=O) groups excluding carboxylic acids is 2. The lowest BCUT2D eigenvalue weighted by Crippen LogP contribution is -2.24. The van der Waals surface area contributed by atoms with Crippen molar-refractivity contribution in [3.8, 4) is 22.9 Å². The Hall–Kier alpha value is -3.10. The zero-order valence-corrected chi connectivity index (χ0v) is 16.7. The van der Waals surface area contributed by atoms with Crippen LogP contribution in [-0.4, -0.2) is 59.2 Å². The average molecular weight is 440 g/mol. The van der Waals surface area contributed by atoms with E-state index in [2.05, 4.69) is 16.2 Å². The molecule has 1 fully saturated rings. The van der Waals surface area contributed by atoms with Crippen LogP contribution < -0.4 is 11.1 Å². The molecule has 0 radical (unpaired) electrons. The van der Waals surface area contributed by atoms with E-state index >= 15 is 0 Å². The van der Waals surface area contributed by atoms with Crippen LogP contribution in [-0.2, 0) is 4.79 Å². The maximum atomic E-state index is 12.3. The fourth-order valence-electron chi connectivity index (χ4n) is 2.46. The number of hydrogen-bond donors (Lipinski definition) is 3. The molecular weight excluding hydrogens is 421 g/mol. The largest absolute Gasteiger partial charge is 0.405 e. The van der Waals surface area contributed by atoms with Crippen molar-refractivity contribution < 1.29 is 27.9 Å². The number of rotatable bonds is 4. The summed E-state index contributed by atoms with van der Waals surface area (Å²) in [5.74, 6) is 1.40. The average Bonchev–Trinajstić information content (AvgIpc) is 3.26. The van der Waals surface area contributed by atoms with E-state index in [1.54, 1.807) is 31.3 Å². The molecule has 2 aromatic rings. The Labute approximate surface area is 174 Å². The lowest BCUT2D eigenvalue weighted by molar-refractivity contribution is -0.133. The number of aliphatic hydroxyl groups excluding tert-OH is 1. The number of likely N-dealkylation sites (N-methyl/N-ethyl adjacent to an activating group) is 1. The fraction of sp³-hybridized carbons (Fsp3) is 0.316. The Morgan fingerprint density at radius 1 is 1.50 bits per heavy atom. The van der Waals surface area contributed by atoms with E-state index in [-0.39, 0.29) is 16.6 Å². The van der Waals surface area contributed by atoms with E-state index in [4.69, 9.17) is 17.3 Å². The van der Waals surface area contributed by atoms with Crippen LogP contribution in [0.1, 0.15) is 22.5 Å². The maximum absolute atomic E-state index is 12.3. The molecule has 1 aliphatic rings. The van der Waals surface area contributed by atoms with E-state index in [1.807, 2.05) is 0 Å². The Morgan fingerprint density at radius 3 is 2.67 bits per heavy atom.